The first-order valence-corrected chi connectivity index (χ1v) is 7.65. The van der Waals surface area contributed by atoms with E-state index in [9.17, 15) is 0 Å². The van der Waals surface area contributed by atoms with Crippen molar-refractivity contribution in [2.45, 2.75) is 13.0 Å². The molecule has 0 amide bonds. The molecule has 0 aliphatic carbocycles. The summed E-state index contributed by atoms with van der Waals surface area (Å²) in [5.41, 5.74) is 0. The van der Waals surface area contributed by atoms with Crippen molar-refractivity contribution in [3.63, 3.8) is 0 Å². The number of halogens is 2. The maximum absolute atomic E-state index is 5.28. The molecule has 0 unspecified atom stereocenters. The van der Waals surface area contributed by atoms with Crippen molar-refractivity contribution in [2.75, 3.05) is 13.6 Å². The summed E-state index contributed by atoms with van der Waals surface area (Å²) in [5.74, 6) is 1.78. The van der Waals surface area contributed by atoms with Gasteiger partial charge in [0.25, 0.3) is 0 Å². The van der Waals surface area contributed by atoms with Crippen molar-refractivity contribution in [3.05, 3.63) is 45.0 Å². The molecular formula is C13H17BrIN3OS. The summed E-state index contributed by atoms with van der Waals surface area (Å²) in [4.78, 5) is 5.45. The van der Waals surface area contributed by atoms with E-state index < -0.39 is 0 Å². The van der Waals surface area contributed by atoms with Crippen molar-refractivity contribution in [2.24, 2.45) is 4.99 Å². The summed E-state index contributed by atoms with van der Waals surface area (Å²) in [6, 6.07) is 5.98. The minimum atomic E-state index is 0. The Labute approximate surface area is 148 Å². The highest BCUT2D eigenvalue weighted by Crippen LogP contribution is 2.19. The first-order valence-electron chi connectivity index (χ1n) is 5.98. The van der Waals surface area contributed by atoms with Crippen LogP contribution in [-0.4, -0.2) is 19.6 Å². The molecule has 0 bridgehead atoms. The van der Waals surface area contributed by atoms with Crippen LogP contribution in [0.15, 0.2) is 43.7 Å². The summed E-state index contributed by atoms with van der Waals surface area (Å²) >= 11 is 5.16. The SMILES string of the molecule is CN=C(NCCc1ccco1)NCc1cc(Br)cs1.I. The maximum Gasteiger partial charge on any atom is 0.191 e. The molecule has 0 saturated carbocycles. The van der Waals surface area contributed by atoms with E-state index in [0.717, 1.165) is 35.7 Å². The molecule has 7 heteroatoms. The van der Waals surface area contributed by atoms with Gasteiger partial charge < -0.3 is 15.1 Å². The number of nitrogens with one attached hydrogen (secondary N) is 2. The normalized spacial score (nSPS) is 11.0. The molecule has 0 radical (unpaired) electrons. The molecule has 0 spiro atoms. The number of guanidine groups is 1. The fraction of sp³-hybridized carbons (Fsp3) is 0.308. The lowest BCUT2D eigenvalue weighted by Crippen LogP contribution is -2.37. The van der Waals surface area contributed by atoms with Crippen LogP contribution in [0.2, 0.25) is 0 Å². The lowest BCUT2D eigenvalue weighted by Gasteiger charge is -2.10. The fourth-order valence-corrected chi connectivity index (χ4v) is 2.99. The second-order valence-corrected chi connectivity index (χ2v) is 5.82. The zero-order chi connectivity index (χ0) is 13.5. The Bertz CT molecular complexity index is 527. The third-order valence-electron chi connectivity index (χ3n) is 2.52. The molecule has 0 saturated heterocycles. The molecule has 0 aliphatic heterocycles. The molecule has 0 fully saturated rings. The van der Waals surface area contributed by atoms with E-state index in [1.807, 2.05) is 12.1 Å². The number of furan rings is 1. The van der Waals surface area contributed by atoms with Gasteiger partial charge in [-0.3, -0.25) is 4.99 Å². The minimum Gasteiger partial charge on any atom is -0.469 e. The third kappa shape index (κ3) is 5.84. The van der Waals surface area contributed by atoms with E-state index in [1.54, 1.807) is 24.6 Å². The van der Waals surface area contributed by atoms with Crippen LogP contribution in [0, 0.1) is 0 Å². The zero-order valence-corrected chi connectivity index (χ0v) is 15.8. The Hall–Kier alpha value is -0.540. The van der Waals surface area contributed by atoms with Gasteiger partial charge in [-0.25, -0.2) is 0 Å². The van der Waals surface area contributed by atoms with Crippen LogP contribution in [0.4, 0.5) is 0 Å². The quantitative estimate of drug-likeness (QED) is 0.399. The summed E-state index contributed by atoms with van der Waals surface area (Å²) in [7, 11) is 1.77. The van der Waals surface area contributed by atoms with Crippen LogP contribution < -0.4 is 10.6 Å². The standard InChI is InChI=1S/C13H16BrN3OS.HI/c1-15-13(16-5-4-11-3-2-6-18-11)17-8-12-7-10(14)9-19-12;/h2-3,6-7,9H,4-5,8H2,1H3,(H2,15,16,17);1H. The van der Waals surface area contributed by atoms with Crippen molar-refractivity contribution in [1.82, 2.24) is 10.6 Å². The number of thiophene rings is 1. The smallest absolute Gasteiger partial charge is 0.191 e. The number of hydrogen-bond donors (Lipinski definition) is 2. The maximum atomic E-state index is 5.28. The molecule has 2 rings (SSSR count). The van der Waals surface area contributed by atoms with Gasteiger partial charge in [0.05, 0.1) is 12.8 Å². The highest BCUT2D eigenvalue weighted by atomic mass is 127. The molecule has 0 atom stereocenters. The van der Waals surface area contributed by atoms with E-state index in [0.29, 0.717) is 0 Å². The molecule has 2 aromatic rings. The van der Waals surface area contributed by atoms with Gasteiger partial charge in [0, 0.05) is 34.7 Å². The Morgan fingerprint density at radius 1 is 1.45 bits per heavy atom. The molecule has 0 aromatic carbocycles. The topological polar surface area (TPSA) is 49.6 Å². The van der Waals surface area contributed by atoms with E-state index in [4.69, 9.17) is 4.42 Å². The first kappa shape index (κ1) is 17.5. The summed E-state index contributed by atoms with van der Waals surface area (Å²) in [6.45, 7) is 1.57. The molecular weight excluding hydrogens is 453 g/mol. The molecule has 2 N–H and O–H groups in total. The van der Waals surface area contributed by atoms with Crippen molar-refractivity contribution < 1.29 is 4.42 Å². The Kier molecular flexibility index (Phi) is 8.24. The Morgan fingerprint density at radius 2 is 2.30 bits per heavy atom. The number of nitrogens with zero attached hydrogens (tertiary/aromatic N) is 1. The average Bonchev–Trinajstić information content (AvgIpc) is 3.05. The predicted molar refractivity (Wildman–Crippen MR) is 98.0 cm³/mol. The highest BCUT2D eigenvalue weighted by Gasteiger charge is 2.01. The lowest BCUT2D eigenvalue weighted by molar-refractivity contribution is 0.507. The van der Waals surface area contributed by atoms with Crippen molar-refractivity contribution >= 4 is 57.2 Å². The average molecular weight is 470 g/mol. The van der Waals surface area contributed by atoms with Gasteiger partial charge in [0.2, 0.25) is 0 Å². The second kappa shape index (κ2) is 9.41. The molecule has 0 aliphatic rings. The largest absolute Gasteiger partial charge is 0.469 e. The van der Waals surface area contributed by atoms with Crippen LogP contribution >= 0.6 is 51.2 Å². The summed E-state index contributed by atoms with van der Waals surface area (Å²) < 4.78 is 6.40. The molecule has 4 nitrogen and oxygen atoms in total. The highest BCUT2D eigenvalue weighted by molar-refractivity contribution is 14.0. The minimum absolute atomic E-state index is 0. The van der Waals surface area contributed by atoms with E-state index >= 15 is 0 Å². The monoisotopic (exact) mass is 469 g/mol. The molecule has 110 valence electrons. The lowest BCUT2D eigenvalue weighted by atomic mass is 10.3. The van der Waals surface area contributed by atoms with E-state index in [2.05, 4.69) is 43.0 Å². The zero-order valence-electron chi connectivity index (χ0n) is 11.1. The van der Waals surface area contributed by atoms with Crippen LogP contribution in [0.5, 0.6) is 0 Å². The molecule has 2 aromatic heterocycles. The van der Waals surface area contributed by atoms with Crippen LogP contribution in [0.25, 0.3) is 0 Å². The Balaban J connectivity index is 0.00000200. The van der Waals surface area contributed by atoms with Crippen LogP contribution in [0.1, 0.15) is 10.6 Å². The van der Waals surface area contributed by atoms with E-state index in [1.165, 1.54) is 4.88 Å². The summed E-state index contributed by atoms with van der Waals surface area (Å²) in [6.07, 6.45) is 2.54. The predicted octanol–water partition coefficient (Wildman–Crippen LogP) is 3.63. The van der Waals surface area contributed by atoms with Gasteiger partial charge in [0.15, 0.2) is 5.96 Å². The fourth-order valence-electron chi connectivity index (χ4n) is 1.60. The summed E-state index contributed by atoms with van der Waals surface area (Å²) in [5, 5.41) is 8.61. The van der Waals surface area contributed by atoms with Gasteiger partial charge in [-0.05, 0) is 34.1 Å². The van der Waals surface area contributed by atoms with Crippen molar-refractivity contribution in [3.8, 4) is 0 Å². The number of aliphatic imine (C=N–C) groups is 1. The third-order valence-corrected chi connectivity index (χ3v) is 4.22. The molecule has 20 heavy (non-hydrogen) atoms. The van der Waals surface area contributed by atoms with Gasteiger partial charge in [-0.15, -0.1) is 35.3 Å². The second-order valence-electron chi connectivity index (χ2n) is 3.91. The Morgan fingerprint density at radius 3 is 2.90 bits per heavy atom. The van der Waals surface area contributed by atoms with Crippen LogP contribution in [-0.2, 0) is 13.0 Å². The van der Waals surface area contributed by atoms with Gasteiger partial charge in [-0.2, -0.15) is 0 Å². The molecule has 2 heterocycles. The number of hydrogen-bond acceptors (Lipinski definition) is 3. The van der Waals surface area contributed by atoms with Gasteiger partial charge in [0.1, 0.15) is 5.76 Å². The first-order chi connectivity index (χ1) is 9.28. The van der Waals surface area contributed by atoms with Crippen molar-refractivity contribution in [1.29, 1.82) is 0 Å². The van der Waals surface area contributed by atoms with Crippen LogP contribution in [0.3, 0.4) is 0 Å². The van der Waals surface area contributed by atoms with Gasteiger partial charge in [-0.1, -0.05) is 0 Å². The van der Waals surface area contributed by atoms with E-state index in [-0.39, 0.29) is 24.0 Å². The van der Waals surface area contributed by atoms with Gasteiger partial charge >= 0.3 is 0 Å². The number of rotatable bonds is 5.